The third-order valence-corrected chi connectivity index (χ3v) is 0.433. The second-order valence-corrected chi connectivity index (χ2v) is 0.914. The van der Waals surface area contributed by atoms with Gasteiger partial charge in [-0.25, -0.2) is 0 Å². The maximum atomic E-state index is 4.85. The van der Waals surface area contributed by atoms with E-state index in [2.05, 4.69) is 11.8 Å². The Bertz CT molecular complexity index is 84.2. The van der Waals surface area contributed by atoms with E-state index in [1.807, 2.05) is 0 Å². The lowest BCUT2D eigenvalue weighted by molar-refractivity contribution is 1.44. The molecule has 0 fully saturated rings. The second kappa shape index (κ2) is 2.36. The highest BCUT2D eigenvalue weighted by Gasteiger charge is 1.82. The molecule has 0 amide bonds. The van der Waals surface area contributed by atoms with Crippen LogP contribution in [0.5, 0.6) is 0 Å². The molecule has 0 N–H and O–H groups in total. The third kappa shape index (κ3) is 1.44. The first-order chi connectivity index (χ1) is 2.81. The molecule has 0 saturated carbocycles. The molecule has 0 rings (SSSR count). The summed E-state index contributed by atoms with van der Waals surface area (Å²) in [5, 5.41) is 0. The van der Waals surface area contributed by atoms with Crippen LogP contribution >= 0.6 is 0 Å². The lowest BCUT2D eigenvalue weighted by Gasteiger charge is -1.79. The topological polar surface area (TPSA) is 0 Å². The van der Waals surface area contributed by atoms with Crippen LogP contribution in [0.25, 0.3) is 0 Å². The lowest BCUT2D eigenvalue weighted by Crippen LogP contribution is -1.74. The van der Waals surface area contributed by atoms with Crippen molar-refractivity contribution in [2.45, 2.75) is 6.92 Å². The van der Waals surface area contributed by atoms with Gasteiger partial charge in [0.05, 0.1) is 0 Å². The van der Waals surface area contributed by atoms with Gasteiger partial charge in [0, 0.05) is 0 Å². The van der Waals surface area contributed by atoms with Crippen molar-refractivity contribution in [1.29, 1.82) is 0 Å². The zero-order valence-corrected chi connectivity index (χ0v) is 3.65. The minimum absolute atomic E-state index is 0.648. The second-order valence-electron chi connectivity index (χ2n) is 0.914. The standard InChI is InChI=1S/C6H5/c1-4-6(3)5-2/h1-2H,3H3. The third-order valence-electron chi connectivity index (χ3n) is 0.433. The van der Waals surface area contributed by atoms with Crippen molar-refractivity contribution in [2.75, 3.05) is 0 Å². The molecule has 0 aromatic carbocycles. The first-order valence-corrected chi connectivity index (χ1v) is 1.58. The smallest absolute Gasteiger partial charge is 0.116 e. The van der Waals surface area contributed by atoms with Crippen LogP contribution in [0.1, 0.15) is 6.92 Å². The molecule has 0 heterocycles. The van der Waals surface area contributed by atoms with Crippen molar-refractivity contribution in [3.8, 4) is 24.7 Å². The van der Waals surface area contributed by atoms with Crippen molar-refractivity contribution in [3.05, 3.63) is 5.92 Å². The summed E-state index contributed by atoms with van der Waals surface area (Å²) in [5.74, 6) is 5.24. The molecule has 0 aliphatic carbocycles. The minimum Gasteiger partial charge on any atom is -0.118 e. The monoisotopic (exact) mass is 77.0 g/mol. The van der Waals surface area contributed by atoms with Crippen LogP contribution < -0.4 is 0 Å². The van der Waals surface area contributed by atoms with E-state index in [-0.39, 0.29) is 0 Å². The highest BCUT2D eigenvalue weighted by Crippen LogP contribution is 1.86. The van der Waals surface area contributed by atoms with Crippen molar-refractivity contribution in [2.24, 2.45) is 0 Å². The molecule has 0 spiro atoms. The van der Waals surface area contributed by atoms with E-state index in [9.17, 15) is 0 Å². The molecule has 0 aliphatic rings. The number of rotatable bonds is 0. The van der Waals surface area contributed by atoms with Gasteiger partial charge in [-0.2, -0.15) is 0 Å². The normalized spacial score (nSPS) is 6.67. The van der Waals surface area contributed by atoms with Gasteiger partial charge >= 0.3 is 0 Å². The fourth-order valence-corrected chi connectivity index (χ4v) is 0.0417. The maximum absolute atomic E-state index is 4.85. The van der Waals surface area contributed by atoms with Crippen molar-refractivity contribution >= 4 is 0 Å². The molecule has 0 unspecified atom stereocenters. The fourth-order valence-electron chi connectivity index (χ4n) is 0.0417. The van der Waals surface area contributed by atoms with Crippen LogP contribution in [0.4, 0.5) is 0 Å². The van der Waals surface area contributed by atoms with Crippen LogP contribution in [-0.2, 0) is 0 Å². The number of hydrogen-bond acceptors (Lipinski definition) is 0. The number of hydrogen-bond donors (Lipinski definition) is 0. The molecule has 0 nitrogen and oxygen atoms in total. The van der Waals surface area contributed by atoms with Gasteiger partial charge in [-0.05, 0) is 6.92 Å². The van der Waals surface area contributed by atoms with Gasteiger partial charge in [0.25, 0.3) is 0 Å². The molecule has 0 aromatic rings. The largest absolute Gasteiger partial charge is 0.118 e. The summed E-state index contributed by atoms with van der Waals surface area (Å²) in [5.41, 5.74) is 0. The molecular formula is C6H5. The predicted molar refractivity (Wildman–Crippen MR) is 26.6 cm³/mol. The van der Waals surface area contributed by atoms with Gasteiger partial charge in [-0.3, -0.25) is 0 Å². The van der Waals surface area contributed by atoms with Crippen LogP contribution in [0, 0.1) is 30.6 Å². The van der Waals surface area contributed by atoms with Crippen LogP contribution in [0.3, 0.4) is 0 Å². The van der Waals surface area contributed by atoms with E-state index in [1.54, 1.807) is 6.92 Å². The van der Waals surface area contributed by atoms with E-state index >= 15 is 0 Å². The molecule has 0 heteroatoms. The van der Waals surface area contributed by atoms with Crippen molar-refractivity contribution in [3.63, 3.8) is 0 Å². The van der Waals surface area contributed by atoms with E-state index in [0.717, 1.165) is 0 Å². The number of terminal acetylenes is 2. The highest BCUT2D eigenvalue weighted by atomic mass is 13.8. The first kappa shape index (κ1) is 5.12. The molecule has 0 atom stereocenters. The van der Waals surface area contributed by atoms with E-state index in [4.69, 9.17) is 12.8 Å². The quantitative estimate of drug-likeness (QED) is 0.376. The van der Waals surface area contributed by atoms with Crippen molar-refractivity contribution < 1.29 is 0 Å². The molecule has 0 aliphatic heterocycles. The Morgan fingerprint density at radius 1 is 1.33 bits per heavy atom. The minimum atomic E-state index is 0.648. The average Bonchev–Trinajstić information content (AvgIpc) is 1.65. The van der Waals surface area contributed by atoms with Crippen LogP contribution in [-0.4, -0.2) is 0 Å². The summed E-state index contributed by atoms with van der Waals surface area (Å²) in [6.45, 7) is 1.72. The Hall–Kier alpha value is -0.880. The summed E-state index contributed by atoms with van der Waals surface area (Å²) in [4.78, 5) is 0. The molecule has 0 aromatic heterocycles. The Balaban J connectivity index is 3.40. The summed E-state index contributed by atoms with van der Waals surface area (Å²) in [6, 6.07) is 0. The van der Waals surface area contributed by atoms with Crippen LogP contribution in [0.15, 0.2) is 0 Å². The Labute approximate surface area is 38.6 Å². The lowest BCUT2D eigenvalue weighted by atomic mass is 10.2. The predicted octanol–water partition coefficient (Wildman–Crippen LogP) is 0.847. The Morgan fingerprint density at radius 3 is 1.67 bits per heavy atom. The molecule has 1 radical (unpaired) electrons. The van der Waals surface area contributed by atoms with Gasteiger partial charge in [0.2, 0.25) is 0 Å². The summed E-state index contributed by atoms with van der Waals surface area (Å²) in [6.07, 6.45) is 9.71. The highest BCUT2D eigenvalue weighted by molar-refractivity contribution is 5.30. The molecular weight excluding hydrogens is 72.1 g/mol. The van der Waals surface area contributed by atoms with Crippen LogP contribution in [0.2, 0.25) is 0 Å². The van der Waals surface area contributed by atoms with Gasteiger partial charge in [-0.1, -0.05) is 11.8 Å². The molecule has 0 bridgehead atoms. The van der Waals surface area contributed by atoms with E-state index in [1.165, 1.54) is 0 Å². The van der Waals surface area contributed by atoms with E-state index < -0.39 is 0 Å². The molecule has 0 saturated heterocycles. The van der Waals surface area contributed by atoms with Gasteiger partial charge in [0.15, 0.2) is 0 Å². The molecule has 29 valence electrons. The summed E-state index contributed by atoms with van der Waals surface area (Å²) < 4.78 is 0. The summed E-state index contributed by atoms with van der Waals surface area (Å²) in [7, 11) is 0. The Morgan fingerprint density at radius 2 is 1.67 bits per heavy atom. The maximum Gasteiger partial charge on any atom is 0.116 e. The summed E-state index contributed by atoms with van der Waals surface area (Å²) >= 11 is 0. The first-order valence-electron chi connectivity index (χ1n) is 1.58. The SMILES string of the molecule is C#C[C](C)C#C. The molecule has 6 heavy (non-hydrogen) atoms. The fraction of sp³-hybridized carbons (Fsp3) is 0.167. The average molecular weight is 77.1 g/mol. The van der Waals surface area contributed by atoms with Crippen molar-refractivity contribution in [1.82, 2.24) is 0 Å². The van der Waals surface area contributed by atoms with E-state index in [0.29, 0.717) is 5.92 Å². The van der Waals surface area contributed by atoms with Gasteiger partial charge in [0.1, 0.15) is 5.92 Å². The Kier molecular flexibility index (Phi) is 2.02. The van der Waals surface area contributed by atoms with Gasteiger partial charge in [-0.15, -0.1) is 12.8 Å². The zero-order valence-electron chi connectivity index (χ0n) is 3.65. The van der Waals surface area contributed by atoms with Gasteiger partial charge < -0.3 is 0 Å². The zero-order chi connectivity index (χ0) is 4.99.